The second-order valence-corrected chi connectivity index (χ2v) is 5.84. The lowest BCUT2D eigenvalue weighted by molar-refractivity contribution is -0.126. The molecular weight excluding hydrogens is 266 g/mol. The van der Waals surface area contributed by atoms with Gasteiger partial charge in [-0.3, -0.25) is 14.5 Å². The summed E-state index contributed by atoms with van der Waals surface area (Å²) in [5, 5.41) is 2.78. The second-order valence-electron chi connectivity index (χ2n) is 5.84. The highest BCUT2D eigenvalue weighted by Crippen LogP contribution is 2.30. The zero-order valence-corrected chi connectivity index (χ0v) is 12.3. The second kappa shape index (κ2) is 5.85. The van der Waals surface area contributed by atoms with Gasteiger partial charge in [0.05, 0.1) is 13.1 Å². The van der Waals surface area contributed by atoms with Crippen molar-refractivity contribution < 1.29 is 9.59 Å². The van der Waals surface area contributed by atoms with E-state index >= 15 is 0 Å². The first kappa shape index (κ1) is 14.1. The zero-order valence-electron chi connectivity index (χ0n) is 12.3. The molecule has 2 aliphatic heterocycles. The number of nitrogens with one attached hydrogen (secondary N) is 1. The molecule has 0 aromatic heterocycles. The molecule has 5 heteroatoms. The molecule has 1 saturated heterocycles. The maximum atomic E-state index is 12.7. The van der Waals surface area contributed by atoms with Crippen LogP contribution in [-0.2, 0) is 16.0 Å². The first-order valence-corrected chi connectivity index (χ1v) is 7.54. The van der Waals surface area contributed by atoms with E-state index in [4.69, 9.17) is 0 Å². The predicted octanol–water partition coefficient (Wildman–Crippen LogP) is 0.786. The van der Waals surface area contributed by atoms with Gasteiger partial charge < -0.3 is 10.2 Å². The summed E-state index contributed by atoms with van der Waals surface area (Å²) in [4.78, 5) is 27.9. The molecule has 0 aliphatic carbocycles. The van der Waals surface area contributed by atoms with Crippen LogP contribution in [0.3, 0.4) is 0 Å². The van der Waals surface area contributed by atoms with E-state index in [1.54, 1.807) is 0 Å². The molecule has 1 N–H and O–H groups in total. The molecule has 1 atom stereocenters. The minimum Gasteiger partial charge on any atom is -0.354 e. The van der Waals surface area contributed by atoms with Gasteiger partial charge in [0.15, 0.2) is 0 Å². The summed E-state index contributed by atoms with van der Waals surface area (Å²) in [6, 6.07) is 8.32. The van der Waals surface area contributed by atoms with Crippen LogP contribution in [0, 0.1) is 0 Å². The number of hydrogen-bond acceptors (Lipinski definition) is 3. The van der Waals surface area contributed by atoms with Gasteiger partial charge in [0.2, 0.25) is 11.8 Å². The summed E-state index contributed by atoms with van der Waals surface area (Å²) in [7, 11) is 0. The Kier molecular flexibility index (Phi) is 3.92. The van der Waals surface area contributed by atoms with E-state index in [1.807, 2.05) is 28.0 Å². The topological polar surface area (TPSA) is 52.7 Å². The largest absolute Gasteiger partial charge is 0.354 e. The summed E-state index contributed by atoms with van der Waals surface area (Å²) in [6.45, 7) is 4.08. The van der Waals surface area contributed by atoms with Crippen molar-refractivity contribution in [3.05, 3.63) is 29.8 Å². The monoisotopic (exact) mass is 287 g/mol. The van der Waals surface area contributed by atoms with Crippen LogP contribution < -0.4 is 10.2 Å². The van der Waals surface area contributed by atoms with Crippen molar-refractivity contribution in [2.75, 3.05) is 31.1 Å². The molecule has 1 aromatic rings. The van der Waals surface area contributed by atoms with Crippen LogP contribution in [0.15, 0.2) is 24.3 Å². The smallest absolute Gasteiger partial charge is 0.241 e. The number of carbonyl (C=O) groups is 2. The standard InChI is InChI=1S/C16H21N3O2/c1-12-6-7-13-4-2-3-5-14(13)19(12)16(21)11-18-9-8-17-15(20)10-18/h2-5,12H,6-11H2,1H3,(H,17,20)/t12-/m1/s1. The number of benzene rings is 1. The van der Waals surface area contributed by atoms with Crippen LogP contribution in [0.2, 0.25) is 0 Å². The van der Waals surface area contributed by atoms with Gasteiger partial charge in [-0.25, -0.2) is 0 Å². The lowest BCUT2D eigenvalue weighted by atomic mass is 9.96. The number of para-hydroxylation sites is 1. The molecule has 2 heterocycles. The number of hydrogen-bond donors (Lipinski definition) is 1. The Labute approximate surface area is 124 Å². The molecule has 2 amide bonds. The van der Waals surface area contributed by atoms with Crippen molar-refractivity contribution in [1.82, 2.24) is 10.2 Å². The molecule has 112 valence electrons. The van der Waals surface area contributed by atoms with Gasteiger partial charge in [0, 0.05) is 24.8 Å². The average molecular weight is 287 g/mol. The summed E-state index contributed by atoms with van der Waals surface area (Å²) in [5.74, 6) is 0.0884. The minimum atomic E-state index is 0.00106. The maximum Gasteiger partial charge on any atom is 0.241 e. The van der Waals surface area contributed by atoms with Crippen LogP contribution in [-0.4, -0.2) is 48.9 Å². The highest BCUT2D eigenvalue weighted by molar-refractivity contribution is 5.96. The summed E-state index contributed by atoms with van der Waals surface area (Å²) < 4.78 is 0. The molecule has 3 rings (SSSR count). The van der Waals surface area contributed by atoms with E-state index in [0.29, 0.717) is 19.6 Å². The predicted molar refractivity (Wildman–Crippen MR) is 81.2 cm³/mol. The highest BCUT2D eigenvalue weighted by atomic mass is 16.2. The molecule has 1 aromatic carbocycles. The van der Waals surface area contributed by atoms with Gasteiger partial charge in [0.25, 0.3) is 0 Å². The lowest BCUT2D eigenvalue weighted by Gasteiger charge is -2.37. The van der Waals surface area contributed by atoms with Gasteiger partial charge >= 0.3 is 0 Å². The molecule has 1 fully saturated rings. The minimum absolute atomic E-state index is 0.00106. The Hall–Kier alpha value is -1.88. The van der Waals surface area contributed by atoms with E-state index in [0.717, 1.165) is 25.1 Å². The number of fused-ring (bicyclic) bond motifs is 1. The Balaban J connectivity index is 1.76. The van der Waals surface area contributed by atoms with E-state index in [-0.39, 0.29) is 17.9 Å². The molecule has 5 nitrogen and oxygen atoms in total. The van der Waals surface area contributed by atoms with Gasteiger partial charge in [0.1, 0.15) is 0 Å². The number of piperazine rings is 1. The van der Waals surface area contributed by atoms with Gasteiger partial charge in [-0.1, -0.05) is 18.2 Å². The van der Waals surface area contributed by atoms with Crippen molar-refractivity contribution in [1.29, 1.82) is 0 Å². The molecule has 0 bridgehead atoms. The van der Waals surface area contributed by atoms with Crippen molar-refractivity contribution in [3.63, 3.8) is 0 Å². The summed E-state index contributed by atoms with van der Waals surface area (Å²) in [5.41, 5.74) is 2.27. The number of aryl methyl sites for hydroxylation is 1. The lowest BCUT2D eigenvalue weighted by Crippen LogP contribution is -2.53. The first-order valence-electron chi connectivity index (χ1n) is 7.54. The number of amides is 2. The maximum absolute atomic E-state index is 12.7. The number of rotatable bonds is 2. The fourth-order valence-electron chi connectivity index (χ4n) is 3.16. The van der Waals surface area contributed by atoms with Crippen molar-refractivity contribution in [3.8, 4) is 0 Å². The van der Waals surface area contributed by atoms with E-state index in [9.17, 15) is 9.59 Å². The van der Waals surface area contributed by atoms with Crippen molar-refractivity contribution in [2.24, 2.45) is 0 Å². The Morgan fingerprint density at radius 1 is 1.38 bits per heavy atom. The molecule has 2 aliphatic rings. The van der Waals surface area contributed by atoms with Crippen LogP contribution in [0.1, 0.15) is 18.9 Å². The fraction of sp³-hybridized carbons (Fsp3) is 0.500. The van der Waals surface area contributed by atoms with E-state index in [2.05, 4.69) is 18.3 Å². The van der Waals surface area contributed by atoms with Crippen LogP contribution in [0.5, 0.6) is 0 Å². The van der Waals surface area contributed by atoms with E-state index in [1.165, 1.54) is 5.56 Å². The average Bonchev–Trinajstić information content (AvgIpc) is 2.47. The van der Waals surface area contributed by atoms with Crippen molar-refractivity contribution in [2.45, 2.75) is 25.8 Å². The quantitative estimate of drug-likeness (QED) is 0.875. The highest BCUT2D eigenvalue weighted by Gasteiger charge is 2.29. The number of anilines is 1. The van der Waals surface area contributed by atoms with Gasteiger partial charge in [-0.15, -0.1) is 0 Å². The van der Waals surface area contributed by atoms with Crippen LogP contribution in [0.4, 0.5) is 5.69 Å². The SMILES string of the molecule is C[C@@H]1CCc2ccccc2N1C(=O)CN1CCNC(=O)C1. The summed E-state index contributed by atoms with van der Waals surface area (Å²) >= 11 is 0. The third-order valence-corrected chi connectivity index (χ3v) is 4.27. The molecule has 0 spiro atoms. The van der Waals surface area contributed by atoms with Gasteiger partial charge in [-0.2, -0.15) is 0 Å². The molecule has 0 saturated carbocycles. The van der Waals surface area contributed by atoms with Crippen molar-refractivity contribution >= 4 is 17.5 Å². The van der Waals surface area contributed by atoms with Crippen LogP contribution >= 0.6 is 0 Å². The van der Waals surface area contributed by atoms with Crippen LogP contribution in [0.25, 0.3) is 0 Å². The Morgan fingerprint density at radius 3 is 3.00 bits per heavy atom. The number of carbonyl (C=O) groups excluding carboxylic acids is 2. The third-order valence-electron chi connectivity index (χ3n) is 4.27. The number of nitrogens with zero attached hydrogens (tertiary/aromatic N) is 2. The van der Waals surface area contributed by atoms with E-state index < -0.39 is 0 Å². The zero-order chi connectivity index (χ0) is 14.8. The Bertz CT molecular complexity index is 558. The third kappa shape index (κ3) is 2.93. The molecule has 0 radical (unpaired) electrons. The first-order chi connectivity index (χ1) is 10.1. The van der Waals surface area contributed by atoms with Gasteiger partial charge in [-0.05, 0) is 31.4 Å². The molecular formula is C16H21N3O2. The normalized spacial score (nSPS) is 22.6. The molecule has 21 heavy (non-hydrogen) atoms. The summed E-state index contributed by atoms with van der Waals surface area (Å²) in [6.07, 6.45) is 2.01. The Morgan fingerprint density at radius 2 is 2.19 bits per heavy atom. The fourth-order valence-corrected chi connectivity index (χ4v) is 3.16. The molecule has 0 unspecified atom stereocenters.